The molecular formula is C20H24N2O3. The van der Waals surface area contributed by atoms with Crippen molar-refractivity contribution in [1.29, 1.82) is 0 Å². The van der Waals surface area contributed by atoms with Crippen molar-refractivity contribution in [1.82, 2.24) is 10.6 Å². The third-order valence-electron chi connectivity index (χ3n) is 3.71. The predicted octanol–water partition coefficient (Wildman–Crippen LogP) is 2.62. The van der Waals surface area contributed by atoms with Crippen LogP contribution in [0.25, 0.3) is 0 Å². The van der Waals surface area contributed by atoms with E-state index in [0.717, 1.165) is 16.9 Å². The molecule has 0 aromatic heterocycles. The minimum Gasteiger partial charge on any atom is -0.492 e. The molecule has 2 aromatic carbocycles. The molecule has 0 fully saturated rings. The highest BCUT2D eigenvalue weighted by molar-refractivity contribution is 5.95. The molecule has 0 atom stereocenters. The smallest absolute Gasteiger partial charge is 0.251 e. The van der Waals surface area contributed by atoms with Crippen molar-refractivity contribution in [2.24, 2.45) is 0 Å². The number of carbonyl (C=O) groups excluding carboxylic acids is 2. The molecule has 0 bridgehead atoms. The number of benzene rings is 2. The average molecular weight is 340 g/mol. The molecule has 25 heavy (non-hydrogen) atoms. The number of hydrogen-bond donors (Lipinski definition) is 2. The van der Waals surface area contributed by atoms with Gasteiger partial charge in [0.2, 0.25) is 5.91 Å². The molecule has 2 rings (SSSR count). The Labute approximate surface area is 148 Å². The fourth-order valence-corrected chi connectivity index (χ4v) is 2.37. The van der Waals surface area contributed by atoms with E-state index in [9.17, 15) is 9.59 Å². The first kappa shape index (κ1) is 18.5. The molecule has 0 aliphatic carbocycles. The molecule has 0 saturated heterocycles. The Morgan fingerprint density at radius 3 is 2.52 bits per heavy atom. The standard InChI is InChI=1S/C20H24N2O3/c1-15-6-5-8-17(14-15)25-13-12-21-19(23)10-11-22-20(24)18-9-4-3-7-16(18)2/h3-9,14H,10-13H2,1-2H3,(H,21,23)(H,22,24). The second-order valence-electron chi connectivity index (χ2n) is 5.84. The fourth-order valence-electron chi connectivity index (χ4n) is 2.37. The number of amides is 2. The quantitative estimate of drug-likeness (QED) is 0.726. The van der Waals surface area contributed by atoms with Crippen LogP contribution in [0.4, 0.5) is 0 Å². The summed E-state index contributed by atoms with van der Waals surface area (Å²) in [6, 6.07) is 15.1. The first-order valence-electron chi connectivity index (χ1n) is 8.36. The van der Waals surface area contributed by atoms with Crippen LogP contribution in [0.3, 0.4) is 0 Å². The molecule has 5 nitrogen and oxygen atoms in total. The highest BCUT2D eigenvalue weighted by Gasteiger charge is 2.08. The predicted molar refractivity (Wildman–Crippen MR) is 97.8 cm³/mol. The van der Waals surface area contributed by atoms with E-state index >= 15 is 0 Å². The van der Waals surface area contributed by atoms with Gasteiger partial charge in [-0.1, -0.05) is 30.3 Å². The summed E-state index contributed by atoms with van der Waals surface area (Å²) in [5.41, 5.74) is 2.68. The molecule has 2 aromatic rings. The van der Waals surface area contributed by atoms with Crippen LogP contribution in [0.15, 0.2) is 48.5 Å². The zero-order valence-corrected chi connectivity index (χ0v) is 14.7. The monoisotopic (exact) mass is 340 g/mol. The van der Waals surface area contributed by atoms with Crippen LogP contribution in [0.5, 0.6) is 5.75 Å². The number of aryl methyl sites for hydroxylation is 2. The van der Waals surface area contributed by atoms with E-state index in [1.54, 1.807) is 6.07 Å². The lowest BCUT2D eigenvalue weighted by Gasteiger charge is -2.09. The molecule has 132 valence electrons. The van der Waals surface area contributed by atoms with Crippen molar-refractivity contribution < 1.29 is 14.3 Å². The Balaban J connectivity index is 1.61. The van der Waals surface area contributed by atoms with Gasteiger partial charge in [0, 0.05) is 18.5 Å². The maximum Gasteiger partial charge on any atom is 0.251 e. The van der Waals surface area contributed by atoms with Gasteiger partial charge in [0.25, 0.3) is 5.91 Å². The Kier molecular flexibility index (Phi) is 7.01. The summed E-state index contributed by atoms with van der Waals surface area (Å²) in [4.78, 5) is 23.8. The Morgan fingerprint density at radius 2 is 1.76 bits per heavy atom. The van der Waals surface area contributed by atoms with Crippen molar-refractivity contribution >= 4 is 11.8 Å². The van der Waals surface area contributed by atoms with Crippen molar-refractivity contribution in [3.8, 4) is 5.75 Å². The van der Waals surface area contributed by atoms with E-state index in [-0.39, 0.29) is 18.2 Å². The maximum atomic E-state index is 12.0. The Bertz CT molecular complexity index is 728. The van der Waals surface area contributed by atoms with Crippen molar-refractivity contribution in [2.75, 3.05) is 19.7 Å². The molecule has 0 spiro atoms. The maximum absolute atomic E-state index is 12.0. The second-order valence-corrected chi connectivity index (χ2v) is 5.84. The van der Waals surface area contributed by atoms with Gasteiger partial charge in [0.05, 0.1) is 6.54 Å². The minimum atomic E-state index is -0.159. The van der Waals surface area contributed by atoms with Crippen LogP contribution in [0.2, 0.25) is 0 Å². The average Bonchev–Trinajstić information content (AvgIpc) is 2.59. The van der Waals surface area contributed by atoms with Crippen molar-refractivity contribution in [3.05, 3.63) is 65.2 Å². The zero-order chi connectivity index (χ0) is 18.1. The molecule has 2 N–H and O–H groups in total. The fraction of sp³-hybridized carbons (Fsp3) is 0.300. The molecule has 5 heteroatoms. The van der Waals surface area contributed by atoms with Gasteiger partial charge in [-0.05, 0) is 43.2 Å². The highest BCUT2D eigenvalue weighted by Crippen LogP contribution is 2.11. The Morgan fingerprint density at radius 1 is 0.960 bits per heavy atom. The van der Waals surface area contributed by atoms with Crippen LogP contribution in [-0.2, 0) is 4.79 Å². The van der Waals surface area contributed by atoms with Gasteiger partial charge in [0.15, 0.2) is 0 Å². The third kappa shape index (κ3) is 6.30. The summed E-state index contributed by atoms with van der Waals surface area (Å²) in [7, 11) is 0. The van der Waals surface area contributed by atoms with E-state index in [0.29, 0.717) is 25.3 Å². The lowest BCUT2D eigenvalue weighted by atomic mass is 10.1. The van der Waals surface area contributed by atoms with Gasteiger partial charge >= 0.3 is 0 Å². The van der Waals surface area contributed by atoms with Gasteiger partial charge in [-0.25, -0.2) is 0 Å². The SMILES string of the molecule is Cc1cccc(OCCNC(=O)CCNC(=O)c2ccccc2C)c1. The second kappa shape index (κ2) is 9.47. The van der Waals surface area contributed by atoms with Crippen LogP contribution in [-0.4, -0.2) is 31.5 Å². The van der Waals surface area contributed by atoms with E-state index in [4.69, 9.17) is 4.74 Å². The summed E-state index contributed by atoms with van der Waals surface area (Å²) < 4.78 is 5.57. The topological polar surface area (TPSA) is 67.4 Å². The zero-order valence-electron chi connectivity index (χ0n) is 14.7. The van der Waals surface area contributed by atoms with E-state index < -0.39 is 0 Å². The number of ether oxygens (including phenoxy) is 1. The molecule has 0 unspecified atom stereocenters. The molecule has 0 radical (unpaired) electrons. The van der Waals surface area contributed by atoms with Crippen LogP contribution in [0, 0.1) is 13.8 Å². The van der Waals surface area contributed by atoms with Crippen molar-refractivity contribution in [2.45, 2.75) is 20.3 Å². The Hall–Kier alpha value is -2.82. The third-order valence-corrected chi connectivity index (χ3v) is 3.71. The minimum absolute atomic E-state index is 0.113. The van der Waals surface area contributed by atoms with Gasteiger partial charge in [-0.15, -0.1) is 0 Å². The van der Waals surface area contributed by atoms with E-state index in [2.05, 4.69) is 10.6 Å². The lowest BCUT2D eigenvalue weighted by Crippen LogP contribution is -2.32. The van der Waals surface area contributed by atoms with E-state index in [1.165, 1.54) is 0 Å². The molecule has 0 aliphatic rings. The van der Waals surface area contributed by atoms with Crippen LogP contribution in [0.1, 0.15) is 27.9 Å². The first-order chi connectivity index (χ1) is 12.1. The first-order valence-corrected chi connectivity index (χ1v) is 8.36. The van der Waals surface area contributed by atoms with Gasteiger partial charge in [0.1, 0.15) is 12.4 Å². The van der Waals surface area contributed by atoms with Crippen LogP contribution < -0.4 is 15.4 Å². The number of hydrogen-bond acceptors (Lipinski definition) is 3. The molecular weight excluding hydrogens is 316 g/mol. The number of carbonyl (C=O) groups is 2. The number of nitrogens with one attached hydrogen (secondary N) is 2. The summed E-state index contributed by atoms with van der Waals surface area (Å²) in [5.74, 6) is 0.520. The van der Waals surface area contributed by atoms with E-state index in [1.807, 2.05) is 56.3 Å². The molecule has 0 saturated carbocycles. The lowest BCUT2D eigenvalue weighted by molar-refractivity contribution is -0.121. The summed E-state index contributed by atoms with van der Waals surface area (Å²) in [6.45, 7) is 5.02. The largest absolute Gasteiger partial charge is 0.492 e. The molecule has 2 amide bonds. The van der Waals surface area contributed by atoms with Gasteiger partial charge in [-0.3, -0.25) is 9.59 Å². The summed E-state index contributed by atoms with van der Waals surface area (Å²) in [6.07, 6.45) is 0.238. The number of rotatable bonds is 8. The molecule has 0 heterocycles. The van der Waals surface area contributed by atoms with Crippen molar-refractivity contribution in [3.63, 3.8) is 0 Å². The van der Waals surface area contributed by atoms with Gasteiger partial charge < -0.3 is 15.4 Å². The highest BCUT2D eigenvalue weighted by atomic mass is 16.5. The normalized spacial score (nSPS) is 10.2. The van der Waals surface area contributed by atoms with Crippen LogP contribution >= 0.6 is 0 Å². The summed E-state index contributed by atoms with van der Waals surface area (Å²) >= 11 is 0. The summed E-state index contributed by atoms with van der Waals surface area (Å²) in [5, 5.41) is 5.54. The molecule has 0 aliphatic heterocycles. The van der Waals surface area contributed by atoms with Gasteiger partial charge in [-0.2, -0.15) is 0 Å².